The van der Waals surface area contributed by atoms with E-state index in [1.807, 2.05) is 6.07 Å². The number of nitrogens with zero attached hydrogens (tertiary/aromatic N) is 2. The predicted molar refractivity (Wildman–Crippen MR) is 83.7 cm³/mol. The molecule has 1 aliphatic rings. The molecule has 1 fully saturated rings. The SMILES string of the molecule is COc1ccnc(CN(CCN)C2CCCCC2)c1OC. The smallest absolute Gasteiger partial charge is 0.183 e. The van der Waals surface area contributed by atoms with Gasteiger partial charge in [0, 0.05) is 37.9 Å². The summed E-state index contributed by atoms with van der Waals surface area (Å²) in [6.45, 7) is 2.33. The van der Waals surface area contributed by atoms with Gasteiger partial charge in [0.1, 0.15) is 5.69 Å². The van der Waals surface area contributed by atoms with Crippen molar-refractivity contribution >= 4 is 0 Å². The fraction of sp³-hybridized carbons (Fsp3) is 0.688. The average Bonchev–Trinajstić information content (AvgIpc) is 2.55. The molecule has 0 amide bonds. The van der Waals surface area contributed by atoms with Crippen LogP contribution in [0.1, 0.15) is 37.8 Å². The molecule has 118 valence electrons. The lowest BCUT2D eigenvalue weighted by atomic mass is 9.94. The fourth-order valence-electron chi connectivity index (χ4n) is 3.16. The minimum atomic E-state index is 0.611. The molecule has 0 radical (unpaired) electrons. The highest BCUT2D eigenvalue weighted by Gasteiger charge is 2.23. The van der Waals surface area contributed by atoms with Crippen molar-refractivity contribution in [1.29, 1.82) is 0 Å². The molecule has 1 aromatic rings. The van der Waals surface area contributed by atoms with Crippen molar-refractivity contribution in [2.24, 2.45) is 5.73 Å². The van der Waals surface area contributed by atoms with E-state index in [2.05, 4.69) is 9.88 Å². The van der Waals surface area contributed by atoms with E-state index in [4.69, 9.17) is 15.2 Å². The normalized spacial score (nSPS) is 16.2. The lowest BCUT2D eigenvalue weighted by molar-refractivity contribution is 0.148. The maximum Gasteiger partial charge on any atom is 0.183 e. The summed E-state index contributed by atoms with van der Waals surface area (Å²) in [5.41, 5.74) is 6.73. The topological polar surface area (TPSA) is 60.6 Å². The highest BCUT2D eigenvalue weighted by molar-refractivity contribution is 5.42. The Labute approximate surface area is 127 Å². The van der Waals surface area contributed by atoms with E-state index in [1.54, 1.807) is 20.4 Å². The second-order valence-electron chi connectivity index (χ2n) is 5.54. The van der Waals surface area contributed by atoms with E-state index in [-0.39, 0.29) is 0 Å². The zero-order valence-corrected chi connectivity index (χ0v) is 13.2. The highest BCUT2D eigenvalue weighted by atomic mass is 16.5. The Hall–Kier alpha value is -1.33. The average molecular weight is 293 g/mol. The Bertz CT molecular complexity index is 434. The van der Waals surface area contributed by atoms with Gasteiger partial charge in [0.2, 0.25) is 0 Å². The number of hydrogen-bond acceptors (Lipinski definition) is 5. The molecule has 2 rings (SSSR count). The molecule has 0 atom stereocenters. The first-order chi connectivity index (χ1) is 10.3. The van der Waals surface area contributed by atoms with E-state index >= 15 is 0 Å². The van der Waals surface area contributed by atoms with Gasteiger partial charge in [-0.2, -0.15) is 0 Å². The Balaban J connectivity index is 2.15. The van der Waals surface area contributed by atoms with Crippen LogP contribution in [0.15, 0.2) is 12.3 Å². The number of ether oxygens (including phenoxy) is 2. The molecule has 1 aromatic heterocycles. The molecular formula is C16H27N3O2. The fourth-order valence-corrected chi connectivity index (χ4v) is 3.16. The molecule has 1 heterocycles. The Morgan fingerprint density at radius 3 is 2.62 bits per heavy atom. The predicted octanol–water partition coefficient (Wildman–Crippen LogP) is 2.19. The van der Waals surface area contributed by atoms with Gasteiger partial charge in [0.05, 0.1) is 14.2 Å². The van der Waals surface area contributed by atoms with Crippen LogP contribution in [0, 0.1) is 0 Å². The number of rotatable bonds is 7. The van der Waals surface area contributed by atoms with Crippen LogP contribution in [0.25, 0.3) is 0 Å². The molecule has 2 N–H and O–H groups in total. The van der Waals surface area contributed by atoms with Crippen molar-refractivity contribution in [1.82, 2.24) is 9.88 Å². The van der Waals surface area contributed by atoms with Crippen molar-refractivity contribution in [3.63, 3.8) is 0 Å². The molecule has 5 heteroatoms. The van der Waals surface area contributed by atoms with E-state index in [0.29, 0.717) is 12.6 Å². The van der Waals surface area contributed by atoms with Crippen LogP contribution in [0.2, 0.25) is 0 Å². The van der Waals surface area contributed by atoms with Gasteiger partial charge in [-0.1, -0.05) is 19.3 Å². The summed E-state index contributed by atoms with van der Waals surface area (Å²) in [6.07, 6.45) is 8.27. The first kappa shape index (κ1) is 16.0. The van der Waals surface area contributed by atoms with Crippen molar-refractivity contribution in [3.8, 4) is 11.5 Å². The molecule has 0 unspecified atom stereocenters. The standard InChI is InChI=1S/C16H27N3O2/c1-20-15-8-10-18-14(16(15)21-2)12-19(11-9-17)13-6-4-3-5-7-13/h8,10,13H,3-7,9,11-12,17H2,1-2H3. The molecule has 21 heavy (non-hydrogen) atoms. The Morgan fingerprint density at radius 1 is 1.24 bits per heavy atom. The third-order valence-electron chi connectivity index (χ3n) is 4.23. The second kappa shape index (κ2) is 8.20. The molecule has 0 bridgehead atoms. The van der Waals surface area contributed by atoms with Gasteiger partial charge in [-0.05, 0) is 12.8 Å². The molecule has 0 spiro atoms. The van der Waals surface area contributed by atoms with Crippen LogP contribution in [0.4, 0.5) is 0 Å². The summed E-state index contributed by atoms with van der Waals surface area (Å²) in [4.78, 5) is 6.94. The minimum absolute atomic E-state index is 0.611. The van der Waals surface area contributed by atoms with Crippen molar-refractivity contribution in [2.75, 3.05) is 27.3 Å². The van der Waals surface area contributed by atoms with Crippen molar-refractivity contribution < 1.29 is 9.47 Å². The van der Waals surface area contributed by atoms with Crippen LogP contribution in [0.3, 0.4) is 0 Å². The minimum Gasteiger partial charge on any atom is -0.493 e. The zero-order valence-electron chi connectivity index (χ0n) is 13.2. The van der Waals surface area contributed by atoms with Gasteiger partial charge in [-0.25, -0.2) is 0 Å². The third kappa shape index (κ3) is 4.08. The number of nitrogens with two attached hydrogens (primary N) is 1. The number of methoxy groups -OCH3 is 2. The number of aromatic nitrogens is 1. The van der Waals surface area contributed by atoms with Crippen LogP contribution < -0.4 is 15.2 Å². The van der Waals surface area contributed by atoms with E-state index in [0.717, 1.165) is 30.3 Å². The summed E-state index contributed by atoms with van der Waals surface area (Å²) in [5.74, 6) is 1.47. The molecule has 1 aliphatic carbocycles. The van der Waals surface area contributed by atoms with Crippen molar-refractivity contribution in [3.05, 3.63) is 18.0 Å². The number of pyridine rings is 1. The zero-order chi connectivity index (χ0) is 15.1. The monoisotopic (exact) mass is 293 g/mol. The molecule has 5 nitrogen and oxygen atoms in total. The maximum absolute atomic E-state index is 5.80. The molecule has 1 saturated carbocycles. The summed E-state index contributed by atoms with van der Waals surface area (Å²) in [5, 5.41) is 0. The lowest BCUT2D eigenvalue weighted by Gasteiger charge is -2.34. The second-order valence-corrected chi connectivity index (χ2v) is 5.54. The maximum atomic E-state index is 5.80. The summed E-state index contributed by atoms with van der Waals surface area (Å²) < 4.78 is 10.8. The van der Waals surface area contributed by atoms with E-state index in [9.17, 15) is 0 Å². The molecule has 0 aliphatic heterocycles. The van der Waals surface area contributed by atoms with Crippen molar-refractivity contribution in [2.45, 2.75) is 44.7 Å². The van der Waals surface area contributed by atoms with Crippen LogP contribution >= 0.6 is 0 Å². The van der Waals surface area contributed by atoms with E-state index in [1.165, 1.54) is 32.1 Å². The summed E-state index contributed by atoms with van der Waals surface area (Å²) >= 11 is 0. The molecule has 0 aromatic carbocycles. The van der Waals surface area contributed by atoms with Gasteiger partial charge in [-0.3, -0.25) is 9.88 Å². The lowest BCUT2D eigenvalue weighted by Crippen LogP contribution is -2.39. The number of hydrogen-bond donors (Lipinski definition) is 1. The molecular weight excluding hydrogens is 266 g/mol. The first-order valence-corrected chi connectivity index (χ1v) is 7.80. The van der Waals surface area contributed by atoms with Gasteiger partial charge in [-0.15, -0.1) is 0 Å². The molecule has 0 saturated heterocycles. The summed E-state index contributed by atoms with van der Waals surface area (Å²) in [7, 11) is 3.32. The van der Waals surface area contributed by atoms with Gasteiger partial charge < -0.3 is 15.2 Å². The third-order valence-corrected chi connectivity index (χ3v) is 4.23. The quantitative estimate of drug-likeness (QED) is 0.835. The summed E-state index contributed by atoms with van der Waals surface area (Å²) in [6, 6.07) is 2.44. The van der Waals surface area contributed by atoms with E-state index < -0.39 is 0 Å². The van der Waals surface area contributed by atoms with Gasteiger partial charge in [0.25, 0.3) is 0 Å². The van der Waals surface area contributed by atoms with Gasteiger partial charge >= 0.3 is 0 Å². The largest absolute Gasteiger partial charge is 0.493 e. The van der Waals surface area contributed by atoms with Gasteiger partial charge in [0.15, 0.2) is 11.5 Å². The Morgan fingerprint density at radius 2 is 2.00 bits per heavy atom. The van der Waals surface area contributed by atoms with Crippen LogP contribution in [-0.4, -0.2) is 43.2 Å². The van der Waals surface area contributed by atoms with Crippen LogP contribution in [0.5, 0.6) is 11.5 Å². The van der Waals surface area contributed by atoms with Crippen LogP contribution in [-0.2, 0) is 6.54 Å². The highest BCUT2D eigenvalue weighted by Crippen LogP contribution is 2.31. The Kier molecular flexibility index (Phi) is 6.26. The first-order valence-electron chi connectivity index (χ1n) is 7.80.